The van der Waals surface area contributed by atoms with Gasteiger partial charge in [-0.05, 0) is 23.8 Å². The predicted octanol–water partition coefficient (Wildman–Crippen LogP) is 6.57. The molecule has 100 valence electrons. The monoisotopic (exact) mass is 353 g/mol. The van der Waals surface area contributed by atoms with E-state index < -0.39 is 0 Å². The second-order valence-electron chi connectivity index (χ2n) is 3.81. The molecule has 0 saturated heterocycles. The minimum atomic E-state index is 0.415. The molecule has 0 aliphatic heterocycles. The third-order valence-electron chi connectivity index (χ3n) is 2.51. The summed E-state index contributed by atoms with van der Waals surface area (Å²) in [4.78, 5) is 0. The van der Waals surface area contributed by atoms with Crippen molar-refractivity contribution in [1.82, 2.24) is 0 Å². The highest BCUT2D eigenvalue weighted by molar-refractivity contribution is 6.44. The number of hydrogen-bond acceptors (Lipinski definition) is 1. The Morgan fingerprint density at radius 1 is 0.789 bits per heavy atom. The van der Waals surface area contributed by atoms with Crippen molar-refractivity contribution in [2.24, 2.45) is 0 Å². The van der Waals surface area contributed by atoms with Gasteiger partial charge >= 0.3 is 0 Å². The normalized spacial score (nSPS) is 10.6. The van der Waals surface area contributed by atoms with Gasteiger partial charge in [0.15, 0.2) is 0 Å². The SMILES string of the molecule is Clc1cc(Cl)c(NCc2cccc(Cl)c2Cl)cc1Cl. The van der Waals surface area contributed by atoms with Crippen LogP contribution in [0, 0.1) is 0 Å². The fraction of sp³-hybridized carbons (Fsp3) is 0.0769. The average Bonchev–Trinajstić information content (AvgIpc) is 2.37. The number of hydrogen-bond donors (Lipinski definition) is 1. The van der Waals surface area contributed by atoms with Crippen molar-refractivity contribution in [3.63, 3.8) is 0 Å². The van der Waals surface area contributed by atoms with Crippen molar-refractivity contribution in [3.05, 3.63) is 61.0 Å². The van der Waals surface area contributed by atoms with Gasteiger partial charge in [-0.3, -0.25) is 0 Å². The number of rotatable bonds is 3. The maximum atomic E-state index is 6.10. The predicted molar refractivity (Wildman–Crippen MR) is 85.3 cm³/mol. The van der Waals surface area contributed by atoms with Crippen molar-refractivity contribution in [1.29, 1.82) is 0 Å². The zero-order valence-corrected chi connectivity index (χ0v) is 13.3. The van der Waals surface area contributed by atoms with Gasteiger partial charge in [0.05, 0.1) is 30.8 Å². The van der Waals surface area contributed by atoms with E-state index in [2.05, 4.69) is 5.32 Å². The summed E-state index contributed by atoms with van der Waals surface area (Å²) in [6.45, 7) is 0.483. The molecule has 0 spiro atoms. The number of nitrogens with one attached hydrogen (secondary N) is 1. The van der Waals surface area contributed by atoms with Crippen LogP contribution in [0.3, 0.4) is 0 Å². The molecule has 19 heavy (non-hydrogen) atoms. The van der Waals surface area contributed by atoms with Gasteiger partial charge in [-0.2, -0.15) is 0 Å². The molecule has 0 aliphatic carbocycles. The molecule has 0 radical (unpaired) electrons. The van der Waals surface area contributed by atoms with Gasteiger partial charge in [0, 0.05) is 6.54 Å². The molecule has 0 aliphatic rings. The number of halogens is 5. The van der Waals surface area contributed by atoms with Crippen LogP contribution in [0.5, 0.6) is 0 Å². The third-order valence-corrected chi connectivity index (χ3v) is 4.40. The number of benzene rings is 2. The van der Waals surface area contributed by atoms with Crippen LogP contribution in [-0.4, -0.2) is 0 Å². The molecule has 1 N–H and O–H groups in total. The molecule has 0 aromatic heterocycles. The molecule has 0 atom stereocenters. The highest BCUT2D eigenvalue weighted by Gasteiger charge is 2.08. The van der Waals surface area contributed by atoms with Crippen LogP contribution < -0.4 is 5.32 Å². The molecule has 0 amide bonds. The first-order chi connectivity index (χ1) is 8.99. The van der Waals surface area contributed by atoms with Crippen LogP contribution in [0.15, 0.2) is 30.3 Å². The van der Waals surface area contributed by atoms with Gasteiger partial charge in [0.1, 0.15) is 0 Å². The van der Waals surface area contributed by atoms with Crippen LogP contribution in [0.1, 0.15) is 5.56 Å². The second-order valence-corrected chi connectivity index (χ2v) is 5.82. The molecule has 0 bridgehead atoms. The van der Waals surface area contributed by atoms with Crippen LogP contribution >= 0.6 is 58.0 Å². The van der Waals surface area contributed by atoms with Crippen LogP contribution in [0.4, 0.5) is 5.69 Å². The van der Waals surface area contributed by atoms with Crippen molar-refractivity contribution >= 4 is 63.7 Å². The van der Waals surface area contributed by atoms with E-state index >= 15 is 0 Å². The smallest absolute Gasteiger partial charge is 0.0653 e. The molecule has 1 nitrogen and oxygen atoms in total. The zero-order chi connectivity index (χ0) is 14.0. The van der Waals surface area contributed by atoms with Crippen molar-refractivity contribution in [2.45, 2.75) is 6.54 Å². The largest absolute Gasteiger partial charge is 0.380 e. The van der Waals surface area contributed by atoms with Crippen molar-refractivity contribution in [2.75, 3.05) is 5.32 Å². The maximum absolute atomic E-state index is 6.10. The summed E-state index contributed by atoms with van der Waals surface area (Å²) >= 11 is 29.9. The van der Waals surface area contributed by atoms with Gasteiger partial charge in [-0.1, -0.05) is 70.1 Å². The highest BCUT2D eigenvalue weighted by atomic mass is 35.5. The lowest BCUT2D eigenvalue weighted by Gasteiger charge is -2.11. The van der Waals surface area contributed by atoms with Gasteiger partial charge in [0.25, 0.3) is 0 Å². The highest BCUT2D eigenvalue weighted by Crippen LogP contribution is 2.33. The third kappa shape index (κ3) is 3.62. The van der Waals surface area contributed by atoms with Crippen LogP contribution in [0.25, 0.3) is 0 Å². The topological polar surface area (TPSA) is 12.0 Å². The Morgan fingerprint density at radius 3 is 2.21 bits per heavy atom. The molecule has 0 unspecified atom stereocenters. The van der Waals surface area contributed by atoms with Crippen LogP contribution in [0.2, 0.25) is 25.1 Å². The van der Waals surface area contributed by atoms with E-state index in [0.29, 0.717) is 37.3 Å². The van der Waals surface area contributed by atoms with E-state index in [0.717, 1.165) is 5.56 Å². The minimum absolute atomic E-state index is 0.415. The Hall–Kier alpha value is -0.310. The second kappa shape index (κ2) is 6.43. The summed E-state index contributed by atoms with van der Waals surface area (Å²) in [5, 5.41) is 5.53. The molecule has 0 fully saturated rings. The van der Waals surface area contributed by atoms with Crippen molar-refractivity contribution < 1.29 is 0 Å². The first-order valence-corrected chi connectivity index (χ1v) is 7.19. The fourth-order valence-electron chi connectivity index (χ4n) is 1.53. The van der Waals surface area contributed by atoms with E-state index in [1.807, 2.05) is 12.1 Å². The zero-order valence-electron chi connectivity index (χ0n) is 9.48. The first kappa shape index (κ1) is 15.1. The first-order valence-electron chi connectivity index (χ1n) is 5.30. The molecule has 0 saturated carbocycles. The summed E-state index contributed by atoms with van der Waals surface area (Å²) in [5.41, 5.74) is 1.56. The molecule has 2 rings (SSSR count). The summed E-state index contributed by atoms with van der Waals surface area (Å²) in [6.07, 6.45) is 0. The summed E-state index contributed by atoms with van der Waals surface area (Å²) < 4.78 is 0. The van der Waals surface area contributed by atoms with Crippen molar-refractivity contribution in [3.8, 4) is 0 Å². The summed E-state index contributed by atoms with van der Waals surface area (Å²) in [5.74, 6) is 0. The lowest BCUT2D eigenvalue weighted by atomic mass is 10.2. The van der Waals surface area contributed by atoms with Gasteiger partial charge in [0.2, 0.25) is 0 Å². The maximum Gasteiger partial charge on any atom is 0.0653 e. The molecule has 6 heteroatoms. The Balaban J connectivity index is 2.19. The van der Waals surface area contributed by atoms with E-state index in [1.54, 1.807) is 18.2 Å². The van der Waals surface area contributed by atoms with E-state index in [9.17, 15) is 0 Å². The van der Waals surface area contributed by atoms with E-state index in [4.69, 9.17) is 58.0 Å². The van der Waals surface area contributed by atoms with Crippen LogP contribution in [-0.2, 0) is 6.54 Å². The van der Waals surface area contributed by atoms with Gasteiger partial charge in [-0.25, -0.2) is 0 Å². The molecule has 0 heterocycles. The molecular weight excluding hydrogens is 347 g/mol. The fourth-order valence-corrected chi connectivity index (χ4v) is 2.53. The summed E-state index contributed by atoms with van der Waals surface area (Å²) in [6, 6.07) is 8.71. The lowest BCUT2D eigenvalue weighted by molar-refractivity contribution is 1.15. The minimum Gasteiger partial charge on any atom is -0.380 e. The van der Waals surface area contributed by atoms with E-state index in [-0.39, 0.29) is 0 Å². The Morgan fingerprint density at radius 2 is 1.47 bits per heavy atom. The Labute approximate surface area is 136 Å². The quantitative estimate of drug-likeness (QED) is 0.614. The summed E-state index contributed by atoms with van der Waals surface area (Å²) in [7, 11) is 0. The van der Waals surface area contributed by atoms with E-state index in [1.165, 1.54) is 0 Å². The number of anilines is 1. The van der Waals surface area contributed by atoms with Gasteiger partial charge < -0.3 is 5.32 Å². The Kier molecular flexibility index (Phi) is 5.10. The standard InChI is InChI=1S/C13H8Cl5N/c14-8-3-1-2-7(13(8)18)6-19-12-5-10(16)9(15)4-11(12)17/h1-5,19H,6H2. The molecule has 2 aromatic rings. The lowest BCUT2D eigenvalue weighted by Crippen LogP contribution is -2.01. The van der Waals surface area contributed by atoms with Gasteiger partial charge in [-0.15, -0.1) is 0 Å². The molecule has 2 aromatic carbocycles. The Bertz CT molecular complexity index is 612. The molecular formula is C13H8Cl5N. The average molecular weight is 355 g/mol.